The molecule has 0 aliphatic carbocycles. The first-order valence-electron chi connectivity index (χ1n) is 5.80. The first-order chi connectivity index (χ1) is 7.52. The van der Waals surface area contributed by atoms with Gasteiger partial charge in [-0.3, -0.25) is 4.79 Å². The lowest BCUT2D eigenvalue weighted by atomic mass is 9.98. The lowest BCUT2D eigenvalue weighted by Gasteiger charge is -2.38. The molecule has 1 aliphatic rings. The molecule has 16 heavy (non-hydrogen) atoms. The molecule has 2 unspecified atom stereocenters. The van der Waals surface area contributed by atoms with Crippen LogP contribution in [0.15, 0.2) is 0 Å². The summed E-state index contributed by atoms with van der Waals surface area (Å²) in [5.41, 5.74) is 0. The van der Waals surface area contributed by atoms with Gasteiger partial charge in [-0.25, -0.2) is 4.79 Å². The minimum atomic E-state index is -0.889. The molecule has 1 aliphatic heterocycles. The predicted octanol–water partition coefficient (Wildman–Crippen LogP) is 1.43. The molecule has 0 bridgehead atoms. The van der Waals surface area contributed by atoms with Gasteiger partial charge in [0.2, 0.25) is 0 Å². The van der Waals surface area contributed by atoms with Crippen LogP contribution in [0.2, 0.25) is 0 Å². The Bertz CT molecular complexity index is 258. The Morgan fingerprint density at radius 2 is 1.88 bits per heavy atom. The number of carboxylic acid groups (broad SMARTS) is 1. The fourth-order valence-corrected chi connectivity index (χ4v) is 2.19. The molecule has 0 aromatic carbocycles. The highest BCUT2D eigenvalue weighted by atomic mass is 16.4. The summed E-state index contributed by atoms with van der Waals surface area (Å²) in [7, 11) is 0. The molecule has 1 rings (SSSR count). The first-order valence-corrected chi connectivity index (χ1v) is 5.80. The van der Waals surface area contributed by atoms with Crippen molar-refractivity contribution in [1.82, 2.24) is 10.2 Å². The topological polar surface area (TPSA) is 69.6 Å². The molecule has 0 saturated carbocycles. The lowest BCUT2D eigenvalue weighted by molar-refractivity contribution is -0.136. The number of carbonyl (C=O) groups is 2. The van der Waals surface area contributed by atoms with Gasteiger partial charge in [0.15, 0.2) is 0 Å². The number of carboxylic acids is 1. The van der Waals surface area contributed by atoms with Crippen LogP contribution in [0.3, 0.4) is 0 Å². The Morgan fingerprint density at radius 1 is 1.31 bits per heavy atom. The summed E-state index contributed by atoms with van der Waals surface area (Å²) in [6.45, 7) is 4.27. The van der Waals surface area contributed by atoms with Crippen LogP contribution < -0.4 is 5.32 Å². The fraction of sp³-hybridized carbons (Fsp3) is 0.818. The number of amides is 2. The zero-order valence-electron chi connectivity index (χ0n) is 9.90. The van der Waals surface area contributed by atoms with Crippen molar-refractivity contribution < 1.29 is 14.7 Å². The minimum absolute atomic E-state index is 0.0255. The van der Waals surface area contributed by atoms with E-state index in [1.165, 1.54) is 0 Å². The van der Waals surface area contributed by atoms with E-state index < -0.39 is 5.97 Å². The number of hydrogen-bond acceptors (Lipinski definition) is 2. The maximum absolute atomic E-state index is 11.8. The number of nitrogens with one attached hydrogen (secondary N) is 1. The van der Waals surface area contributed by atoms with Gasteiger partial charge in [0.05, 0.1) is 6.42 Å². The number of aliphatic carboxylic acids is 1. The Balaban J connectivity index is 2.41. The Kier molecular flexibility index (Phi) is 4.58. The van der Waals surface area contributed by atoms with E-state index in [9.17, 15) is 9.59 Å². The summed E-state index contributed by atoms with van der Waals surface area (Å²) >= 11 is 0. The molecule has 0 aromatic rings. The van der Waals surface area contributed by atoms with Gasteiger partial charge in [-0.15, -0.1) is 0 Å². The van der Waals surface area contributed by atoms with Gasteiger partial charge < -0.3 is 15.3 Å². The van der Waals surface area contributed by atoms with E-state index in [1.54, 1.807) is 0 Å². The number of piperidine rings is 1. The van der Waals surface area contributed by atoms with E-state index in [2.05, 4.69) is 5.32 Å². The van der Waals surface area contributed by atoms with E-state index in [4.69, 9.17) is 5.11 Å². The van der Waals surface area contributed by atoms with Crippen LogP contribution in [0.5, 0.6) is 0 Å². The molecule has 1 saturated heterocycles. The van der Waals surface area contributed by atoms with Gasteiger partial charge in [-0.05, 0) is 33.1 Å². The zero-order chi connectivity index (χ0) is 12.1. The molecule has 1 fully saturated rings. The normalized spacial score (nSPS) is 25.2. The zero-order valence-corrected chi connectivity index (χ0v) is 9.90. The van der Waals surface area contributed by atoms with E-state index in [1.807, 2.05) is 18.7 Å². The van der Waals surface area contributed by atoms with Crippen molar-refractivity contribution in [1.29, 1.82) is 0 Å². The number of hydrogen-bond donors (Lipinski definition) is 2. The number of likely N-dealkylation sites (tertiary alicyclic amines) is 1. The second-order valence-corrected chi connectivity index (χ2v) is 4.41. The molecule has 5 heteroatoms. The molecule has 1 heterocycles. The van der Waals surface area contributed by atoms with Gasteiger partial charge in [0.1, 0.15) is 0 Å². The molecule has 0 spiro atoms. The Morgan fingerprint density at radius 3 is 2.38 bits per heavy atom. The molecule has 0 radical (unpaired) electrons. The molecule has 2 atom stereocenters. The first kappa shape index (κ1) is 12.8. The molecule has 2 N–H and O–H groups in total. The number of nitrogens with zero attached hydrogens (tertiary/aromatic N) is 1. The van der Waals surface area contributed by atoms with Gasteiger partial charge >= 0.3 is 12.0 Å². The van der Waals surface area contributed by atoms with Crippen molar-refractivity contribution in [2.75, 3.05) is 6.54 Å². The van der Waals surface area contributed by atoms with Crippen LogP contribution >= 0.6 is 0 Å². The van der Waals surface area contributed by atoms with Gasteiger partial charge in [-0.1, -0.05) is 0 Å². The second-order valence-electron chi connectivity index (χ2n) is 4.41. The lowest BCUT2D eigenvalue weighted by Crippen LogP contribution is -2.52. The largest absolute Gasteiger partial charge is 0.481 e. The third-order valence-corrected chi connectivity index (χ3v) is 3.04. The third kappa shape index (κ3) is 3.40. The molecule has 92 valence electrons. The highest BCUT2D eigenvalue weighted by Crippen LogP contribution is 2.22. The van der Waals surface area contributed by atoms with Crippen LogP contribution in [0, 0.1) is 0 Å². The van der Waals surface area contributed by atoms with Crippen molar-refractivity contribution in [2.24, 2.45) is 0 Å². The highest BCUT2D eigenvalue weighted by Gasteiger charge is 2.28. The summed E-state index contributed by atoms with van der Waals surface area (Å²) < 4.78 is 0. The van der Waals surface area contributed by atoms with E-state index in [0.29, 0.717) is 0 Å². The fourth-order valence-electron chi connectivity index (χ4n) is 2.19. The molecular weight excluding hydrogens is 208 g/mol. The molecule has 0 aromatic heterocycles. The Hall–Kier alpha value is -1.26. The third-order valence-electron chi connectivity index (χ3n) is 3.04. The number of carbonyl (C=O) groups excluding carboxylic acids is 1. The van der Waals surface area contributed by atoms with Crippen LogP contribution in [0.25, 0.3) is 0 Å². The van der Waals surface area contributed by atoms with Crippen LogP contribution in [-0.2, 0) is 4.79 Å². The second kappa shape index (κ2) is 5.72. The van der Waals surface area contributed by atoms with E-state index in [-0.39, 0.29) is 31.1 Å². The maximum Gasteiger partial charge on any atom is 0.317 e. The summed E-state index contributed by atoms with van der Waals surface area (Å²) in [6.07, 6.45) is 3.18. The van der Waals surface area contributed by atoms with Gasteiger partial charge in [0.25, 0.3) is 0 Å². The van der Waals surface area contributed by atoms with Gasteiger partial charge in [-0.2, -0.15) is 0 Å². The minimum Gasteiger partial charge on any atom is -0.481 e. The quantitative estimate of drug-likeness (QED) is 0.767. The SMILES string of the molecule is CC1CCCC(C)N1C(=O)NCCC(=O)O. The maximum atomic E-state index is 11.8. The molecule has 2 amide bonds. The summed E-state index contributed by atoms with van der Waals surface area (Å²) in [5, 5.41) is 11.1. The van der Waals surface area contributed by atoms with Crippen molar-refractivity contribution >= 4 is 12.0 Å². The summed E-state index contributed by atoms with van der Waals surface area (Å²) in [6, 6.07) is 0.350. The number of rotatable bonds is 3. The average Bonchev–Trinajstić information content (AvgIpc) is 2.16. The molecular formula is C11H20N2O3. The van der Waals surface area contributed by atoms with Gasteiger partial charge in [0, 0.05) is 18.6 Å². The van der Waals surface area contributed by atoms with Crippen LogP contribution in [-0.4, -0.2) is 40.6 Å². The average molecular weight is 228 g/mol. The van der Waals surface area contributed by atoms with E-state index >= 15 is 0 Å². The van der Waals surface area contributed by atoms with Crippen molar-refractivity contribution in [3.63, 3.8) is 0 Å². The van der Waals surface area contributed by atoms with Crippen molar-refractivity contribution in [3.8, 4) is 0 Å². The highest BCUT2D eigenvalue weighted by molar-refractivity contribution is 5.76. The Labute approximate surface area is 95.8 Å². The summed E-state index contributed by atoms with van der Waals surface area (Å²) in [4.78, 5) is 24.0. The summed E-state index contributed by atoms with van der Waals surface area (Å²) in [5.74, 6) is -0.889. The standard InChI is InChI=1S/C11H20N2O3/c1-8-4-3-5-9(2)13(8)11(16)12-7-6-10(14)15/h8-9H,3-7H2,1-2H3,(H,12,16)(H,14,15). The van der Waals surface area contributed by atoms with Crippen LogP contribution in [0.1, 0.15) is 39.5 Å². The smallest absolute Gasteiger partial charge is 0.317 e. The monoisotopic (exact) mass is 228 g/mol. The van der Waals surface area contributed by atoms with Crippen molar-refractivity contribution in [2.45, 2.75) is 51.6 Å². The predicted molar refractivity (Wildman–Crippen MR) is 60.3 cm³/mol. The van der Waals surface area contributed by atoms with Crippen molar-refractivity contribution in [3.05, 3.63) is 0 Å². The number of urea groups is 1. The van der Waals surface area contributed by atoms with E-state index in [0.717, 1.165) is 19.3 Å². The molecule has 5 nitrogen and oxygen atoms in total. The van der Waals surface area contributed by atoms with Crippen LogP contribution in [0.4, 0.5) is 4.79 Å².